The minimum atomic E-state index is -0.921. The highest BCUT2D eigenvalue weighted by Crippen LogP contribution is 2.28. The molecule has 1 atom stereocenters. The summed E-state index contributed by atoms with van der Waals surface area (Å²) in [4.78, 5) is 22.7. The lowest BCUT2D eigenvalue weighted by atomic mass is 9.93. The van der Waals surface area contributed by atoms with Crippen molar-refractivity contribution in [2.24, 2.45) is 0 Å². The maximum atomic E-state index is 11.7. The van der Waals surface area contributed by atoms with Crippen LogP contribution in [0.15, 0.2) is 48.5 Å². The first-order valence-electron chi connectivity index (χ1n) is 6.16. The number of carbonyl (C=O) groups excluding carboxylic acids is 1. The van der Waals surface area contributed by atoms with Crippen molar-refractivity contribution in [3.63, 3.8) is 0 Å². The van der Waals surface area contributed by atoms with E-state index < -0.39 is 11.9 Å². The Bertz CT molecular complexity index is 650. The van der Waals surface area contributed by atoms with Gasteiger partial charge in [0.25, 0.3) is 0 Å². The van der Waals surface area contributed by atoms with Gasteiger partial charge in [-0.2, -0.15) is 0 Å². The van der Waals surface area contributed by atoms with Gasteiger partial charge in [0.15, 0.2) is 0 Å². The molecule has 0 saturated heterocycles. The Kier molecular flexibility index (Phi) is 4.25. The van der Waals surface area contributed by atoms with Gasteiger partial charge in [0.2, 0.25) is 5.12 Å². The standard InChI is InChI=1S/C16H14O3S/c1-10(15(17)18)12-7-8-13(14(9-12)16(19)20)11-5-3-2-4-6-11/h2-10H,1H3,(H,17,18)(H,19,20). The van der Waals surface area contributed by atoms with Gasteiger partial charge in [0.1, 0.15) is 0 Å². The zero-order chi connectivity index (χ0) is 14.7. The van der Waals surface area contributed by atoms with E-state index in [4.69, 9.17) is 5.11 Å². The first kappa shape index (κ1) is 14.3. The molecule has 0 bridgehead atoms. The number of thiol groups is 1. The van der Waals surface area contributed by atoms with Gasteiger partial charge in [0.05, 0.1) is 5.92 Å². The van der Waals surface area contributed by atoms with Crippen LogP contribution in [-0.2, 0) is 4.79 Å². The van der Waals surface area contributed by atoms with E-state index in [1.165, 1.54) is 0 Å². The average Bonchev–Trinajstić information content (AvgIpc) is 2.46. The minimum Gasteiger partial charge on any atom is -0.481 e. The van der Waals surface area contributed by atoms with Gasteiger partial charge in [-0.05, 0) is 29.7 Å². The Morgan fingerprint density at radius 3 is 2.30 bits per heavy atom. The Balaban J connectivity index is 2.55. The molecule has 0 aliphatic heterocycles. The maximum absolute atomic E-state index is 11.7. The van der Waals surface area contributed by atoms with Crippen molar-refractivity contribution in [2.75, 3.05) is 0 Å². The van der Waals surface area contributed by atoms with E-state index >= 15 is 0 Å². The molecular weight excluding hydrogens is 272 g/mol. The van der Waals surface area contributed by atoms with E-state index in [0.717, 1.165) is 11.1 Å². The van der Waals surface area contributed by atoms with Crippen molar-refractivity contribution >= 4 is 23.7 Å². The van der Waals surface area contributed by atoms with Crippen LogP contribution in [0.3, 0.4) is 0 Å². The number of carbonyl (C=O) groups is 2. The monoisotopic (exact) mass is 286 g/mol. The second kappa shape index (κ2) is 5.92. The molecule has 0 amide bonds. The van der Waals surface area contributed by atoms with Crippen LogP contribution >= 0.6 is 12.6 Å². The van der Waals surface area contributed by atoms with E-state index in [9.17, 15) is 9.59 Å². The van der Waals surface area contributed by atoms with E-state index in [1.807, 2.05) is 30.3 Å². The average molecular weight is 286 g/mol. The second-order valence-corrected chi connectivity index (χ2v) is 4.94. The summed E-state index contributed by atoms with van der Waals surface area (Å²) in [5, 5.41) is 8.68. The normalized spacial score (nSPS) is 11.9. The van der Waals surface area contributed by atoms with Crippen molar-refractivity contribution in [2.45, 2.75) is 12.8 Å². The third kappa shape index (κ3) is 2.91. The molecule has 1 unspecified atom stereocenters. The molecule has 0 heterocycles. The van der Waals surface area contributed by atoms with E-state index in [2.05, 4.69) is 12.6 Å². The molecular formula is C16H14O3S. The molecule has 102 valence electrons. The summed E-state index contributed by atoms with van der Waals surface area (Å²) in [5.41, 5.74) is 2.67. The smallest absolute Gasteiger partial charge is 0.310 e. The van der Waals surface area contributed by atoms with Crippen molar-refractivity contribution < 1.29 is 14.7 Å². The van der Waals surface area contributed by atoms with Crippen LogP contribution in [0.4, 0.5) is 0 Å². The first-order valence-corrected chi connectivity index (χ1v) is 6.61. The van der Waals surface area contributed by atoms with E-state index in [0.29, 0.717) is 11.1 Å². The molecule has 2 rings (SSSR count). The lowest BCUT2D eigenvalue weighted by Crippen LogP contribution is -2.08. The number of hydrogen-bond donors (Lipinski definition) is 2. The Morgan fingerprint density at radius 1 is 1.10 bits per heavy atom. The fourth-order valence-electron chi connectivity index (χ4n) is 2.02. The highest BCUT2D eigenvalue weighted by molar-refractivity contribution is 7.97. The quantitative estimate of drug-likeness (QED) is 0.844. The maximum Gasteiger partial charge on any atom is 0.310 e. The largest absolute Gasteiger partial charge is 0.481 e. The van der Waals surface area contributed by atoms with Crippen LogP contribution in [-0.4, -0.2) is 16.2 Å². The number of aliphatic carboxylic acids is 1. The summed E-state index contributed by atoms with van der Waals surface area (Å²) in [6, 6.07) is 14.6. The fraction of sp³-hybridized carbons (Fsp3) is 0.125. The lowest BCUT2D eigenvalue weighted by molar-refractivity contribution is -0.138. The molecule has 0 spiro atoms. The van der Waals surface area contributed by atoms with Crippen LogP contribution in [0, 0.1) is 0 Å². The molecule has 2 aromatic rings. The number of rotatable bonds is 4. The van der Waals surface area contributed by atoms with Crippen LogP contribution < -0.4 is 0 Å². The SMILES string of the molecule is CC(C(=O)O)c1ccc(-c2ccccc2)c(C(=O)S)c1. The van der Waals surface area contributed by atoms with Gasteiger partial charge in [0, 0.05) is 5.56 Å². The summed E-state index contributed by atoms with van der Waals surface area (Å²) >= 11 is 3.89. The van der Waals surface area contributed by atoms with E-state index in [-0.39, 0.29) is 5.12 Å². The van der Waals surface area contributed by atoms with Gasteiger partial charge in [-0.25, -0.2) is 0 Å². The van der Waals surface area contributed by atoms with Crippen LogP contribution in [0.25, 0.3) is 11.1 Å². The lowest BCUT2D eigenvalue weighted by Gasteiger charge is -2.12. The van der Waals surface area contributed by atoms with Gasteiger partial charge >= 0.3 is 5.97 Å². The first-order chi connectivity index (χ1) is 9.50. The highest BCUT2D eigenvalue weighted by Gasteiger charge is 2.17. The summed E-state index contributed by atoms with van der Waals surface area (Å²) in [6.45, 7) is 1.59. The summed E-state index contributed by atoms with van der Waals surface area (Å²) < 4.78 is 0. The van der Waals surface area contributed by atoms with Crippen LogP contribution in [0.2, 0.25) is 0 Å². The second-order valence-electron chi connectivity index (χ2n) is 4.54. The molecule has 20 heavy (non-hydrogen) atoms. The van der Waals surface area contributed by atoms with Gasteiger partial charge in [-0.3, -0.25) is 9.59 Å². The summed E-state index contributed by atoms with van der Waals surface area (Å²) in [5.74, 6) is -1.58. The molecule has 0 aromatic heterocycles. The molecule has 0 saturated carbocycles. The van der Waals surface area contributed by atoms with Crippen molar-refractivity contribution in [3.05, 3.63) is 59.7 Å². The third-order valence-corrected chi connectivity index (χ3v) is 3.47. The number of hydrogen-bond acceptors (Lipinski definition) is 2. The molecule has 4 heteroatoms. The predicted octanol–water partition coefficient (Wildman–Crippen LogP) is 3.61. The molecule has 0 radical (unpaired) electrons. The predicted molar refractivity (Wildman–Crippen MR) is 81.2 cm³/mol. The zero-order valence-electron chi connectivity index (χ0n) is 10.9. The van der Waals surface area contributed by atoms with Crippen LogP contribution in [0.1, 0.15) is 28.8 Å². The van der Waals surface area contributed by atoms with Gasteiger partial charge in [-0.1, -0.05) is 42.5 Å². The van der Waals surface area contributed by atoms with Crippen molar-refractivity contribution in [3.8, 4) is 11.1 Å². The molecule has 3 nitrogen and oxygen atoms in total. The fourth-order valence-corrected chi connectivity index (χ4v) is 2.21. The topological polar surface area (TPSA) is 54.4 Å². The van der Waals surface area contributed by atoms with E-state index in [1.54, 1.807) is 25.1 Å². The zero-order valence-corrected chi connectivity index (χ0v) is 11.8. The highest BCUT2D eigenvalue weighted by atomic mass is 32.1. The summed E-state index contributed by atoms with van der Waals surface area (Å²) in [6.07, 6.45) is 0. The molecule has 0 aliphatic carbocycles. The third-order valence-electron chi connectivity index (χ3n) is 3.23. The molecule has 0 aliphatic rings. The minimum absolute atomic E-state index is 0.372. The Morgan fingerprint density at radius 2 is 1.75 bits per heavy atom. The van der Waals surface area contributed by atoms with Crippen molar-refractivity contribution in [1.82, 2.24) is 0 Å². The Hall–Kier alpha value is -2.07. The van der Waals surface area contributed by atoms with Crippen LogP contribution in [0.5, 0.6) is 0 Å². The molecule has 2 aromatic carbocycles. The number of benzene rings is 2. The Labute approximate surface area is 122 Å². The molecule has 1 N–H and O–H groups in total. The van der Waals surface area contributed by atoms with Gasteiger partial charge < -0.3 is 5.11 Å². The molecule has 0 fully saturated rings. The number of carboxylic acids is 1. The summed E-state index contributed by atoms with van der Waals surface area (Å²) in [7, 11) is 0. The van der Waals surface area contributed by atoms with Gasteiger partial charge in [-0.15, -0.1) is 12.6 Å². The number of carboxylic acid groups (broad SMARTS) is 1. The van der Waals surface area contributed by atoms with Crippen molar-refractivity contribution in [1.29, 1.82) is 0 Å².